The van der Waals surface area contributed by atoms with Gasteiger partial charge in [-0.25, -0.2) is 9.78 Å². The molecule has 0 aliphatic carbocycles. The van der Waals surface area contributed by atoms with Crippen molar-refractivity contribution in [3.63, 3.8) is 0 Å². The third-order valence-electron chi connectivity index (χ3n) is 3.67. The quantitative estimate of drug-likeness (QED) is 0.725. The van der Waals surface area contributed by atoms with Crippen LogP contribution in [0.4, 0.5) is 0 Å². The molecular weight excluding hydrogens is 324 g/mol. The maximum atomic E-state index is 12.5. The van der Waals surface area contributed by atoms with E-state index >= 15 is 0 Å². The highest BCUT2D eigenvalue weighted by Crippen LogP contribution is 2.19. The van der Waals surface area contributed by atoms with Crippen molar-refractivity contribution in [2.45, 2.75) is 12.5 Å². The zero-order valence-electron chi connectivity index (χ0n) is 13.1. The summed E-state index contributed by atoms with van der Waals surface area (Å²) in [6.45, 7) is 0. The Kier molecular flexibility index (Phi) is 4.86. The molecule has 1 heterocycles. The molecule has 6 heteroatoms. The number of benzene rings is 2. The van der Waals surface area contributed by atoms with Gasteiger partial charge in [0, 0.05) is 12.0 Å². The molecule has 122 valence electrons. The Morgan fingerprint density at radius 1 is 1.21 bits per heavy atom. The molecule has 3 aromatic rings. The number of fused-ring (bicyclic) bond motifs is 1. The first kappa shape index (κ1) is 16.1. The SMILES string of the molecule is COC(=O)[C@@H](Cc1ccccc1)NC(=O)c1ccc2ncsc2c1. The predicted molar refractivity (Wildman–Crippen MR) is 93.0 cm³/mol. The number of ether oxygens (including phenoxy) is 1. The van der Waals surface area contributed by atoms with E-state index in [4.69, 9.17) is 4.74 Å². The van der Waals surface area contributed by atoms with E-state index in [-0.39, 0.29) is 5.91 Å². The van der Waals surface area contributed by atoms with Gasteiger partial charge < -0.3 is 10.1 Å². The minimum atomic E-state index is -0.734. The topological polar surface area (TPSA) is 68.3 Å². The van der Waals surface area contributed by atoms with E-state index in [1.165, 1.54) is 18.4 Å². The maximum Gasteiger partial charge on any atom is 0.328 e. The largest absolute Gasteiger partial charge is 0.467 e. The van der Waals surface area contributed by atoms with Crippen LogP contribution in [0.1, 0.15) is 15.9 Å². The first-order valence-electron chi connectivity index (χ1n) is 7.43. The van der Waals surface area contributed by atoms with Crippen LogP contribution in [0, 0.1) is 0 Å². The van der Waals surface area contributed by atoms with Gasteiger partial charge in [-0.15, -0.1) is 11.3 Å². The van der Waals surface area contributed by atoms with Gasteiger partial charge in [0.2, 0.25) is 0 Å². The van der Waals surface area contributed by atoms with Gasteiger partial charge in [0.05, 0.1) is 22.8 Å². The third-order valence-corrected chi connectivity index (χ3v) is 4.46. The fourth-order valence-corrected chi connectivity index (χ4v) is 3.14. The highest BCUT2D eigenvalue weighted by Gasteiger charge is 2.22. The van der Waals surface area contributed by atoms with Crippen molar-refractivity contribution in [1.29, 1.82) is 0 Å². The number of hydrogen-bond donors (Lipinski definition) is 1. The fourth-order valence-electron chi connectivity index (χ4n) is 2.42. The van der Waals surface area contributed by atoms with Gasteiger partial charge >= 0.3 is 5.97 Å². The molecule has 0 aliphatic heterocycles. The van der Waals surface area contributed by atoms with E-state index in [0.717, 1.165) is 15.8 Å². The van der Waals surface area contributed by atoms with Gasteiger partial charge in [-0.1, -0.05) is 30.3 Å². The molecule has 0 radical (unpaired) electrons. The summed E-state index contributed by atoms with van der Waals surface area (Å²) in [4.78, 5) is 28.7. The Bertz CT molecular complexity index is 861. The van der Waals surface area contributed by atoms with Crippen molar-refractivity contribution >= 4 is 33.4 Å². The minimum absolute atomic E-state index is 0.309. The van der Waals surface area contributed by atoms with Crippen molar-refractivity contribution in [2.24, 2.45) is 0 Å². The van der Waals surface area contributed by atoms with E-state index in [1.54, 1.807) is 23.7 Å². The number of esters is 1. The molecule has 0 saturated heterocycles. The molecule has 3 rings (SSSR count). The molecule has 0 bridgehead atoms. The number of carbonyl (C=O) groups is 2. The molecule has 1 N–H and O–H groups in total. The molecule has 2 aromatic carbocycles. The second kappa shape index (κ2) is 7.23. The number of nitrogens with zero attached hydrogens (tertiary/aromatic N) is 1. The summed E-state index contributed by atoms with van der Waals surface area (Å²) in [7, 11) is 1.32. The van der Waals surface area contributed by atoms with Crippen LogP contribution in [0.5, 0.6) is 0 Å². The summed E-state index contributed by atoms with van der Waals surface area (Å²) in [5, 5.41) is 2.76. The van der Waals surface area contributed by atoms with Gasteiger partial charge in [-0.3, -0.25) is 4.79 Å². The summed E-state index contributed by atoms with van der Waals surface area (Å²) in [6, 6.07) is 14.0. The Balaban J connectivity index is 1.78. The van der Waals surface area contributed by atoms with Crippen LogP contribution in [0.2, 0.25) is 0 Å². The lowest BCUT2D eigenvalue weighted by Crippen LogP contribution is -2.43. The minimum Gasteiger partial charge on any atom is -0.467 e. The number of methoxy groups -OCH3 is 1. The zero-order valence-corrected chi connectivity index (χ0v) is 13.9. The normalized spacial score (nSPS) is 11.9. The number of carbonyl (C=O) groups excluding carboxylic acids is 2. The maximum absolute atomic E-state index is 12.5. The average Bonchev–Trinajstić information content (AvgIpc) is 3.09. The lowest BCUT2D eigenvalue weighted by molar-refractivity contribution is -0.142. The van der Waals surface area contributed by atoms with Crippen molar-refractivity contribution in [3.05, 3.63) is 65.2 Å². The summed E-state index contributed by atoms with van der Waals surface area (Å²) in [6.07, 6.45) is 0.377. The molecule has 5 nitrogen and oxygen atoms in total. The van der Waals surface area contributed by atoms with Gasteiger partial charge in [-0.05, 0) is 23.8 Å². The highest BCUT2D eigenvalue weighted by molar-refractivity contribution is 7.16. The number of nitrogens with one attached hydrogen (secondary N) is 1. The van der Waals surface area contributed by atoms with Crippen LogP contribution in [0.25, 0.3) is 10.2 Å². The molecule has 0 unspecified atom stereocenters. The van der Waals surface area contributed by atoms with Gasteiger partial charge in [-0.2, -0.15) is 0 Å². The Labute approximate surface area is 143 Å². The third kappa shape index (κ3) is 3.60. The molecule has 24 heavy (non-hydrogen) atoms. The van der Waals surface area contributed by atoms with Crippen LogP contribution >= 0.6 is 11.3 Å². The van der Waals surface area contributed by atoms with Crippen molar-refractivity contribution in [3.8, 4) is 0 Å². The zero-order chi connectivity index (χ0) is 16.9. The van der Waals surface area contributed by atoms with E-state index in [2.05, 4.69) is 10.3 Å². The molecule has 1 amide bonds. The molecule has 0 aliphatic rings. The highest BCUT2D eigenvalue weighted by atomic mass is 32.1. The molecule has 1 atom stereocenters. The number of rotatable bonds is 5. The average molecular weight is 340 g/mol. The van der Waals surface area contributed by atoms with Crippen LogP contribution < -0.4 is 5.32 Å². The first-order chi connectivity index (χ1) is 11.7. The lowest BCUT2D eigenvalue weighted by Gasteiger charge is -2.16. The molecule has 0 fully saturated rings. The Morgan fingerprint density at radius 3 is 2.75 bits per heavy atom. The van der Waals surface area contributed by atoms with Crippen LogP contribution in [-0.4, -0.2) is 30.0 Å². The van der Waals surface area contributed by atoms with Crippen molar-refractivity contribution < 1.29 is 14.3 Å². The van der Waals surface area contributed by atoms with Crippen LogP contribution in [0.3, 0.4) is 0 Å². The molecular formula is C18H16N2O3S. The first-order valence-corrected chi connectivity index (χ1v) is 8.31. The summed E-state index contributed by atoms with van der Waals surface area (Å²) in [5.41, 5.74) is 4.03. The van der Waals surface area contributed by atoms with Gasteiger partial charge in [0.25, 0.3) is 5.91 Å². The summed E-state index contributed by atoms with van der Waals surface area (Å²) < 4.78 is 5.75. The second-order valence-corrected chi connectivity index (χ2v) is 6.16. The van der Waals surface area contributed by atoms with E-state index in [0.29, 0.717) is 12.0 Å². The van der Waals surface area contributed by atoms with Crippen LogP contribution in [0.15, 0.2) is 54.0 Å². The number of aromatic nitrogens is 1. The van der Waals surface area contributed by atoms with Gasteiger partial charge in [0.1, 0.15) is 6.04 Å². The summed E-state index contributed by atoms with van der Waals surface area (Å²) >= 11 is 1.47. The predicted octanol–water partition coefficient (Wildman–Crippen LogP) is 2.81. The van der Waals surface area contributed by atoms with E-state index < -0.39 is 12.0 Å². The molecule has 1 aromatic heterocycles. The van der Waals surface area contributed by atoms with E-state index in [1.807, 2.05) is 30.3 Å². The smallest absolute Gasteiger partial charge is 0.328 e. The van der Waals surface area contributed by atoms with Crippen molar-refractivity contribution in [1.82, 2.24) is 10.3 Å². The Hall–Kier alpha value is -2.73. The standard InChI is InChI=1S/C18H16N2O3S/c1-23-18(22)15(9-12-5-3-2-4-6-12)20-17(21)13-7-8-14-16(10-13)24-11-19-14/h2-8,10-11,15H,9H2,1H3,(H,20,21)/t15-/m1/s1. The summed E-state index contributed by atoms with van der Waals surface area (Å²) in [5.74, 6) is -0.775. The fraction of sp³-hybridized carbons (Fsp3) is 0.167. The Morgan fingerprint density at radius 2 is 2.00 bits per heavy atom. The number of hydrogen-bond acceptors (Lipinski definition) is 5. The van der Waals surface area contributed by atoms with Crippen molar-refractivity contribution in [2.75, 3.05) is 7.11 Å². The lowest BCUT2D eigenvalue weighted by atomic mass is 10.1. The van der Waals surface area contributed by atoms with Crippen LogP contribution in [-0.2, 0) is 16.0 Å². The monoisotopic (exact) mass is 340 g/mol. The van der Waals surface area contributed by atoms with Gasteiger partial charge in [0.15, 0.2) is 0 Å². The van der Waals surface area contributed by atoms with E-state index in [9.17, 15) is 9.59 Å². The molecule has 0 saturated carbocycles. The second-order valence-electron chi connectivity index (χ2n) is 5.27. The number of amides is 1. The molecule has 0 spiro atoms. The number of thiazole rings is 1.